The summed E-state index contributed by atoms with van der Waals surface area (Å²) in [5.74, 6) is -0.753. The summed E-state index contributed by atoms with van der Waals surface area (Å²) in [7, 11) is 1.14. The predicted molar refractivity (Wildman–Crippen MR) is 82.8 cm³/mol. The van der Waals surface area contributed by atoms with E-state index in [-0.39, 0.29) is 12.1 Å². The molecule has 138 valence electrons. The minimum absolute atomic E-state index is 0.249. The molecule has 25 heavy (non-hydrogen) atoms. The largest absolute Gasteiger partial charge is 0.466 e. The van der Waals surface area contributed by atoms with E-state index >= 15 is 0 Å². The highest BCUT2D eigenvalue weighted by molar-refractivity contribution is 5.92. The lowest BCUT2D eigenvalue weighted by atomic mass is 9.89. The van der Waals surface area contributed by atoms with Crippen molar-refractivity contribution < 1.29 is 32.2 Å². The smallest absolute Gasteiger partial charge is 0.416 e. The Morgan fingerprint density at radius 3 is 2.60 bits per heavy atom. The van der Waals surface area contributed by atoms with Crippen LogP contribution in [0.3, 0.4) is 0 Å². The molecule has 0 bridgehead atoms. The zero-order valence-corrected chi connectivity index (χ0v) is 13.9. The molecule has 0 saturated carbocycles. The summed E-state index contributed by atoms with van der Waals surface area (Å²) in [5, 5.41) is 0. The van der Waals surface area contributed by atoms with E-state index in [4.69, 9.17) is 10.5 Å². The molecule has 2 rings (SSSR count). The molecule has 0 aromatic heterocycles. The van der Waals surface area contributed by atoms with E-state index in [1.165, 1.54) is 6.07 Å². The second-order valence-corrected chi connectivity index (χ2v) is 5.76. The van der Waals surface area contributed by atoms with Crippen LogP contribution in [-0.2, 0) is 26.9 Å². The number of carbonyl (C=O) groups is 2. The molecule has 1 heterocycles. The number of aryl methyl sites for hydroxylation is 1. The van der Waals surface area contributed by atoms with Crippen LogP contribution in [0.1, 0.15) is 30.9 Å². The molecular weight excluding hydrogens is 341 g/mol. The van der Waals surface area contributed by atoms with Gasteiger partial charge in [0.05, 0.1) is 24.0 Å². The lowest BCUT2D eigenvalue weighted by molar-refractivity contribution is -0.144. The number of rotatable bonds is 3. The molecule has 0 fully saturated rings. The average Bonchev–Trinajstić information content (AvgIpc) is 2.57. The number of fused-ring (bicyclic) bond motifs is 1. The second kappa shape index (κ2) is 6.91. The third kappa shape index (κ3) is 3.87. The van der Waals surface area contributed by atoms with Crippen molar-refractivity contribution in [2.75, 3.05) is 18.6 Å². The number of alkyl halides is 3. The number of amides is 1. The molecule has 0 saturated heterocycles. The summed E-state index contributed by atoms with van der Waals surface area (Å²) < 4.78 is 48.0. The Hall–Kier alpha value is -2.29. The SMILES string of the molecule is CCC1(N)CCc2cc(C(F)(F)F)ccc2N1C(=O)OCC(=O)OC. The van der Waals surface area contributed by atoms with E-state index in [2.05, 4.69) is 4.74 Å². The fourth-order valence-corrected chi connectivity index (χ4v) is 2.74. The molecule has 1 aliphatic heterocycles. The summed E-state index contributed by atoms with van der Waals surface area (Å²) in [4.78, 5) is 24.7. The van der Waals surface area contributed by atoms with Gasteiger partial charge in [-0.05, 0) is 43.0 Å². The van der Waals surface area contributed by atoms with Gasteiger partial charge in [0.25, 0.3) is 0 Å². The molecule has 2 N–H and O–H groups in total. The van der Waals surface area contributed by atoms with Crippen molar-refractivity contribution in [3.63, 3.8) is 0 Å². The van der Waals surface area contributed by atoms with E-state index in [9.17, 15) is 22.8 Å². The molecule has 9 heteroatoms. The average molecular weight is 360 g/mol. The molecule has 1 aliphatic rings. The van der Waals surface area contributed by atoms with Gasteiger partial charge in [-0.15, -0.1) is 0 Å². The lowest BCUT2D eigenvalue weighted by Gasteiger charge is -2.44. The minimum atomic E-state index is -4.48. The highest BCUT2D eigenvalue weighted by atomic mass is 19.4. The molecule has 1 aromatic carbocycles. The first kappa shape index (κ1) is 19.0. The number of benzene rings is 1. The highest BCUT2D eigenvalue weighted by Crippen LogP contribution is 2.40. The Balaban J connectivity index is 2.38. The van der Waals surface area contributed by atoms with Gasteiger partial charge in [-0.3, -0.25) is 4.90 Å². The Morgan fingerprint density at radius 2 is 2.04 bits per heavy atom. The number of hydrogen-bond acceptors (Lipinski definition) is 5. The van der Waals surface area contributed by atoms with Crippen LogP contribution in [-0.4, -0.2) is 31.4 Å². The van der Waals surface area contributed by atoms with Gasteiger partial charge in [0.2, 0.25) is 0 Å². The van der Waals surface area contributed by atoms with E-state index < -0.39 is 36.1 Å². The van der Waals surface area contributed by atoms with Gasteiger partial charge in [-0.25, -0.2) is 9.59 Å². The normalized spacial score (nSPS) is 20.0. The number of hydrogen-bond donors (Lipinski definition) is 1. The van der Waals surface area contributed by atoms with Crippen molar-refractivity contribution in [3.8, 4) is 0 Å². The molecule has 1 unspecified atom stereocenters. The maximum Gasteiger partial charge on any atom is 0.416 e. The van der Waals surface area contributed by atoms with Crippen LogP contribution in [0.25, 0.3) is 0 Å². The number of halogens is 3. The van der Waals surface area contributed by atoms with Crippen LogP contribution in [0.15, 0.2) is 18.2 Å². The zero-order valence-electron chi connectivity index (χ0n) is 13.9. The Bertz CT molecular complexity index is 678. The van der Waals surface area contributed by atoms with Crippen LogP contribution in [0.5, 0.6) is 0 Å². The monoisotopic (exact) mass is 360 g/mol. The summed E-state index contributed by atoms with van der Waals surface area (Å²) in [6.07, 6.45) is -4.46. The Morgan fingerprint density at radius 1 is 1.36 bits per heavy atom. The maximum absolute atomic E-state index is 12.9. The molecule has 0 radical (unpaired) electrons. The van der Waals surface area contributed by atoms with Gasteiger partial charge in [-0.2, -0.15) is 13.2 Å². The zero-order chi connectivity index (χ0) is 18.8. The van der Waals surface area contributed by atoms with Crippen molar-refractivity contribution in [1.29, 1.82) is 0 Å². The molecule has 6 nitrogen and oxygen atoms in total. The van der Waals surface area contributed by atoms with Crippen molar-refractivity contribution in [2.24, 2.45) is 5.73 Å². The van der Waals surface area contributed by atoms with Crippen molar-refractivity contribution >= 4 is 17.7 Å². The predicted octanol–water partition coefficient (Wildman–Crippen LogP) is 2.83. The first-order valence-corrected chi connectivity index (χ1v) is 7.65. The first-order chi connectivity index (χ1) is 11.6. The summed E-state index contributed by atoms with van der Waals surface area (Å²) >= 11 is 0. The molecule has 0 spiro atoms. The number of methoxy groups -OCH3 is 1. The molecular formula is C16H19F3N2O4. The van der Waals surface area contributed by atoms with Gasteiger partial charge in [0, 0.05) is 0 Å². The molecule has 0 aliphatic carbocycles. The lowest BCUT2D eigenvalue weighted by Crippen LogP contribution is -2.61. The number of nitrogens with zero attached hydrogens (tertiary/aromatic N) is 1. The van der Waals surface area contributed by atoms with E-state index in [1.54, 1.807) is 6.92 Å². The van der Waals surface area contributed by atoms with Crippen LogP contribution in [0.2, 0.25) is 0 Å². The standard InChI is InChI=1S/C16H19F3N2O4/c1-3-15(20)7-6-10-8-11(16(17,18)19)4-5-12(10)21(15)14(23)25-9-13(22)24-2/h4-5,8H,3,6-7,9,20H2,1-2H3. The second-order valence-electron chi connectivity index (χ2n) is 5.76. The highest BCUT2D eigenvalue weighted by Gasteiger charge is 2.42. The molecule has 1 atom stereocenters. The maximum atomic E-state index is 12.9. The summed E-state index contributed by atoms with van der Waals surface area (Å²) in [6, 6.07) is 3.10. The van der Waals surface area contributed by atoms with Crippen molar-refractivity contribution in [1.82, 2.24) is 0 Å². The van der Waals surface area contributed by atoms with Gasteiger partial charge < -0.3 is 15.2 Å². The van der Waals surface area contributed by atoms with Gasteiger partial charge in [0.15, 0.2) is 6.61 Å². The van der Waals surface area contributed by atoms with Crippen LogP contribution < -0.4 is 10.6 Å². The van der Waals surface area contributed by atoms with E-state index in [0.29, 0.717) is 18.4 Å². The third-order valence-electron chi connectivity index (χ3n) is 4.26. The number of carbonyl (C=O) groups excluding carboxylic acids is 2. The van der Waals surface area contributed by atoms with Gasteiger partial charge >= 0.3 is 18.2 Å². The van der Waals surface area contributed by atoms with Crippen molar-refractivity contribution in [2.45, 2.75) is 38.0 Å². The summed E-state index contributed by atoms with van der Waals surface area (Å²) in [5.41, 5.74) is 4.96. The van der Waals surface area contributed by atoms with Crippen LogP contribution in [0, 0.1) is 0 Å². The number of ether oxygens (including phenoxy) is 2. The Kier molecular flexibility index (Phi) is 5.26. The van der Waals surface area contributed by atoms with Gasteiger partial charge in [0.1, 0.15) is 0 Å². The number of nitrogens with two attached hydrogens (primary N) is 1. The quantitative estimate of drug-likeness (QED) is 0.839. The molecule has 1 aromatic rings. The topological polar surface area (TPSA) is 81.9 Å². The van der Waals surface area contributed by atoms with E-state index in [0.717, 1.165) is 24.1 Å². The number of anilines is 1. The van der Waals surface area contributed by atoms with Crippen molar-refractivity contribution in [3.05, 3.63) is 29.3 Å². The fourth-order valence-electron chi connectivity index (χ4n) is 2.74. The minimum Gasteiger partial charge on any atom is -0.466 e. The van der Waals surface area contributed by atoms with Crippen LogP contribution >= 0.6 is 0 Å². The fraction of sp³-hybridized carbons (Fsp3) is 0.500. The third-order valence-corrected chi connectivity index (χ3v) is 4.26. The summed E-state index contributed by atoms with van der Waals surface area (Å²) in [6.45, 7) is 1.15. The van der Waals surface area contributed by atoms with Gasteiger partial charge in [-0.1, -0.05) is 6.92 Å². The number of esters is 1. The first-order valence-electron chi connectivity index (χ1n) is 7.65. The van der Waals surface area contributed by atoms with E-state index in [1.807, 2.05) is 0 Å². The molecule has 1 amide bonds. The Labute approximate surface area is 142 Å². The van der Waals surface area contributed by atoms with Crippen LogP contribution in [0.4, 0.5) is 23.7 Å².